The molecule has 0 saturated heterocycles. The minimum absolute atomic E-state index is 0.0471. The van der Waals surface area contributed by atoms with Gasteiger partial charge in [-0.05, 0) is 25.1 Å². The lowest BCUT2D eigenvalue weighted by atomic mass is 10.2. The van der Waals surface area contributed by atoms with Crippen LogP contribution in [0.15, 0.2) is 30.5 Å². The second-order valence-corrected chi connectivity index (χ2v) is 4.45. The summed E-state index contributed by atoms with van der Waals surface area (Å²) in [6.07, 6.45) is 1.69. The van der Waals surface area contributed by atoms with Crippen molar-refractivity contribution in [2.24, 2.45) is 0 Å². The second kappa shape index (κ2) is 6.88. The van der Waals surface area contributed by atoms with E-state index in [1.165, 1.54) is 30.0 Å². The molecule has 0 aliphatic rings. The number of hydrogen-bond donors (Lipinski definition) is 1. The molecule has 0 atom stereocenters. The maximum atomic E-state index is 12.2. The summed E-state index contributed by atoms with van der Waals surface area (Å²) < 4.78 is 35.2. The molecule has 0 radical (unpaired) electrons. The van der Waals surface area contributed by atoms with E-state index < -0.39 is 6.61 Å². The Balaban J connectivity index is 2.04. The highest BCUT2D eigenvalue weighted by atomic mass is 19.3. The van der Waals surface area contributed by atoms with E-state index in [2.05, 4.69) is 15.2 Å². The van der Waals surface area contributed by atoms with Gasteiger partial charge < -0.3 is 14.8 Å². The van der Waals surface area contributed by atoms with Crippen LogP contribution >= 0.6 is 0 Å². The molecule has 0 fully saturated rings. The van der Waals surface area contributed by atoms with Gasteiger partial charge in [0, 0.05) is 18.0 Å². The van der Waals surface area contributed by atoms with Crippen LogP contribution in [0.3, 0.4) is 0 Å². The van der Waals surface area contributed by atoms with E-state index in [4.69, 9.17) is 4.74 Å². The lowest BCUT2D eigenvalue weighted by molar-refractivity contribution is -0.116. The molecule has 0 unspecified atom stereocenters. The fraction of sp³-hybridized carbons (Fsp3) is 0.286. The smallest absolute Gasteiger partial charge is 0.387 e. The summed E-state index contributed by atoms with van der Waals surface area (Å²) in [6.45, 7) is -1.08. The molecule has 0 aliphatic carbocycles. The Morgan fingerprint density at radius 2 is 2.14 bits per heavy atom. The lowest BCUT2D eigenvalue weighted by Crippen LogP contribution is -2.19. The first kappa shape index (κ1) is 15.7. The number of halogens is 2. The normalized spacial score (nSPS) is 10.6. The number of amides is 1. The van der Waals surface area contributed by atoms with E-state index in [0.717, 1.165) is 5.69 Å². The molecule has 118 valence electrons. The van der Waals surface area contributed by atoms with Gasteiger partial charge in [0.05, 0.1) is 12.8 Å². The van der Waals surface area contributed by atoms with E-state index in [1.54, 1.807) is 12.3 Å². The molecule has 22 heavy (non-hydrogen) atoms. The number of nitrogens with one attached hydrogen (secondary N) is 1. The van der Waals surface area contributed by atoms with Crippen molar-refractivity contribution in [3.63, 3.8) is 0 Å². The lowest BCUT2D eigenvalue weighted by Gasteiger charge is -2.12. The number of carbonyl (C=O) groups is 1. The van der Waals surface area contributed by atoms with Crippen molar-refractivity contribution in [1.82, 2.24) is 9.78 Å². The molecule has 1 heterocycles. The van der Waals surface area contributed by atoms with Crippen LogP contribution in [-0.2, 0) is 11.3 Å². The summed E-state index contributed by atoms with van der Waals surface area (Å²) in [5, 5.41) is 6.73. The third-order valence-corrected chi connectivity index (χ3v) is 2.74. The first-order valence-corrected chi connectivity index (χ1v) is 6.40. The van der Waals surface area contributed by atoms with Crippen molar-refractivity contribution >= 4 is 11.6 Å². The zero-order valence-corrected chi connectivity index (χ0v) is 12.0. The standard InChI is InChI=1S/C14H15F2N3O3/c1-9-5-6-19(18-9)8-13(20)17-10-3-4-11(22-14(15)16)12(7-10)21-2/h3-7,14H,8H2,1-2H3,(H,17,20). The van der Waals surface area contributed by atoms with Crippen molar-refractivity contribution in [3.05, 3.63) is 36.2 Å². The van der Waals surface area contributed by atoms with E-state index in [9.17, 15) is 13.6 Å². The third-order valence-electron chi connectivity index (χ3n) is 2.74. The summed E-state index contributed by atoms with van der Waals surface area (Å²) in [5.41, 5.74) is 1.22. The zero-order valence-electron chi connectivity index (χ0n) is 12.0. The van der Waals surface area contributed by atoms with Gasteiger partial charge in [-0.3, -0.25) is 9.48 Å². The molecule has 1 aromatic heterocycles. The average molecular weight is 311 g/mol. The average Bonchev–Trinajstić information content (AvgIpc) is 2.85. The number of anilines is 1. The fourth-order valence-corrected chi connectivity index (χ4v) is 1.84. The van der Waals surface area contributed by atoms with Crippen LogP contribution in [0.1, 0.15) is 5.69 Å². The predicted octanol–water partition coefficient (Wildman–Crippen LogP) is 2.44. The van der Waals surface area contributed by atoms with Crippen molar-refractivity contribution in [1.29, 1.82) is 0 Å². The topological polar surface area (TPSA) is 65.4 Å². The van der Waals surface area contributed by atoms with Crippen LogP contribution < -0.4 is 14.8 Å². The number of hydrogen-bond acceptors (Lipinski definition) is 4. The number of carbonyl (C=O) groups excluding carboxylic acids is 1. The number of ether oxygens (including phenoxy) is 2. The number of alkyl halides is 2. The molecule has 1 amide bonds. The SMILES string of the molecule is COc1cc(NC(=O)Cn2ccc(C)n2)ccc1OC(F)F. The summed E-state index contributed by atoms with van der Waals surface area (Å²) in [7, 11) is 1.33. The first-order valence-electron chi connectivity index (χ1n) is 6.40. The number of aromatic nitrogens is 2. The number of benzene rings is 1. The van der Waals surface area contributed by atoms with Crippen LogP contribution in [0.2, 0.25) is 0 Å². The Labute approximate surface area is 125 Å². The molecule has 8 heteroatoms. The molecule has 1 N–H and O–H groups in total. The minimum atomic E-state index is -2.95. The van der Waals surface area contributed by atoms with Gasteiger partial charge >= 0.3 is 6.61 Å². The summed E-state index contributed by atoms with van der Waals surface area (Å²) in [4.78, 5) is 11.9. The summed E-state index contributed by atoms with van der Waals surface area (Å²) in [6, 6.07) is 5.95. The number of methoxy groups -OCH3 is 1. The van der Waals surface area contributed by atoms with Crippen LogP contribution in [0.25, 0.3) is 0 Å². The Morgan fingerprint density at radius 3 is 2.73 bits per heavy atom. The molecule has 2 aromatic rings. The van der Waals surface area contributed by atoms with E-state index in [1.807, 2.05) is 6.92 Å². The van der Waals surface area contributed by atoms with Gasteiger partial charge in [0.1, 0.15) is 6.54 Å². The number of rotatable bonds is 6. The van der Waals surface area contributed by atoms with Gasteiger partial charge in [-0.25, -0.2) is 0 Å². The zero-order chi connectivity index (χ0) is 16.1. The van der Waals surface area contributed by atoms with Crippen molar-refractivity contribution < 1.29 is 23.0 Å². The molecule has 0 aliphatic heterocycles. The monoisotopic (exact) mass is 311 g/mol. The maximum absolute atomic E-state index is 12.2. The van der Waals surface area contributed by atoms with Crippen molar-refractivity contribution in [2.45, 2.75) is 20.1 Å². The fourth-order valence-electron chi connectivity index (χ4n) is 1.84. The minimum Gasteiger partial charge on any atom is -0.493 e. The Hall–Kier alpha value is -2.64. The number of nitrogens with zero attached hydrogens (tertiary/aromatic N) is 2. The van der Waals surface area contributed by atoms with Gasteiger partial charge in [0.15, 0.2) is 11.5 Å². The van der Waals surface area contributed by atoms with Crippen molar-refractivity contribution in [2.75, 3.05) is 12.4 Å². The highest BCUT2D eigenvalue weighted by molar-refractivity contribution is 5.90. The van der Waals surface area contributed by atoms with Gasteiger partial charge in [0.2, 0.25) is 5.91 Å². The number of aryl methyl sites for hydroxylation is 1. The summed E-state index contributed by atoms with van der Waals surface area (Å²) in [5.74, 6) is -0.293. The van der Waals surface area contributed by atoms with E-state index >= 15 is 0 Å². The highest BCUT2D eigenvalue weighted by Crippen LogP contribution is 2.31. The van der Waals surface area contributed by atoms with Crippen LogP contribution in [-0.4, -0.2) is 29.4 Å². The van der Waals surface area contributed by atoms with Crippen LogP contribution in [0.5, 0.6) is 11.5 Å². The largest absolute Gasteiger partial charge is 0.493 e. The molecule has 6 nitrogen and oxygen atoms in total. The third kappa shape index (κ3) is 4.18. The van der Waals surface area contributed by atoms with E-state index in [-0.39, 0.29) is 24.0 Å². The maximum Gasteiger partial charge on any atom is 0.387 e. The van der Waals surface area contributed by atoms with E-state index in [0.29, 0.717) is 5.69 Å². The summed E-state index contributed by atoms with van der Waals surface area (Å²) >= 11 is 0. The Bertz CT molecular complexity index is 659. The van der Waals surface area contributed by atoms with Gasteiger partial charge in [-0.2, -0.15) is 13.9 Å². The molecule has 1 aromatic carbocycles. The van der Waals surface area contributed by atoms with Gasteiger partial charge in [-0.1, -0.05) is 0 Å². The molecule has 0 saturated carbocycles. The molecule has 0 bridgehead atoms. The quantitative estimate of drug-likeness (QED) is 0.890. The highest BCUT2D eigenvalue weighted by Gasteiger charge is 2.12. The van der Waals surface area contributed by atoms with Gasteiger partial charge in [-0.15, -0.1) is 0 Å². The predicted molar refractivity (Wildman–Crippen MR) is 75.2 cm³/mol. The second-order valence-electron chi connectivity index (χ2n) is 4.45. The van der Waals surface area contributed by atoms with Crippen molar-refractivity contribution in [3.8, 4) is 11.5 Å². The Kier molecular flexibility index (Phi) is 4.92. The first-order chi connectivity index (χ1) is 10.5. The molecule has 0 spiro atoms. The van der Waals surface area contributed by atoms with Crippen LogP contribution in [0.4, 0.5) is 14.5 Å². The Morgan fingerprint density at radius 1 is 1.36 bits per heavy atom. The molecular weight excluding hydrogens is 296 g/mol. The van der Waals surface area contributed by atoms with Crippen LogP contribution in [0, 0.1) is 6.92 Å². The van der Waals surface area contributed by atoms with Gasteiger partial charge in [0.25, 0.3) is 0 Å². The molecule has 2 rings (SSSR count). The molecular formula is C14H15F2N3O3.